The molecule has 1 aliphatic rings. The van der Waals surface area contributed by atoms with Gasteiger partial charge in [0.2, 0.25) is 5.91 Å². The maximum Gasteiger partial charge on any atom is 0.406 e. The monoisotopic (exact) mass is 371 g/mol. The molecule has 1 aliphatic heterocycles. The van der Waals surface area contributed by atoms with Gasteiger partial charge in [0, 0.05) is 20.1 Å². The number of hydrogen-bond donors (Lipinski definition) is 1. The zero-order valence-corrected chi connectivity index (χ0v) is 13.8. The first-order valence-electron chi connectivity index (χ1n) is 7.80. The van der Waals surface area contributed by atoms with Gasteiger partial charge in [-0.2, -0.15) is 13.2 Å². The van der Waals surface area contributed by atoms with E-state index in [1.165, 1.54) is 16.2 Å². The fourth-order valence-electron chi connectivity index (χ4n) is 3.30. The van der Waals surface area contributed by atoms with Gasteiger partial charge >= 0.3 is 17.8 Å². The number of carbonyl (C=O) groups excluding carboxylic acids is 1. The number of nitrogens with zero attached hydrogens (tertiary/aromatic N) is 3. The van der Waals surface area contributed by atoms with Gasteiger partial charge in [-0.1, -0.05) is 12.1 Å². The molecule has 1 amide bonds. The van der Waals surface area contributed by atoms with Crippen LogP contribution in [0.5, 0.6) is 0 Å². The molecule has 26 heavy (non-hydrogen) atoms. The van der Waals surface area contributed by atoms with Crippen molar-refractivity contribution in [3.63, 3.8) is 0 Å². The Morgan fingerprint density at radius 3 is 2.38 bits per heavy atom. The molecular weight excluding hydrogens is 355 g/mol. The Morgan fingerprint density at radius 1 is 1.23 bits per heavy atom. The number of fused-ring (bicyclic) bond motifs is 1. The van der Waals surface area contributed by atoms with Gasteiger partial charge in [0.15, 0.2) is 5.41 Å². The van der Waals surface area contributed by atoms with E-state index in [9.17, 15) is 27.6 Å². The van der Waals surface area contributed by atoms with Crippen LogP contribution in [-0.2, 0) is 23.2 Å². The Balaban J connectivity index is 1.88. The molecular formula is C16H16F3N3O4. The number of benzene rings is 1. The van der Waals surface area contributed by atoms with Gasteiger partial charge in [0.25, 0.3) is 0 Å². The Hall–Kier alpha value is -2.78. The predicted molar refractivity (Wildman–Crippen MR) is 84.5 cm³/mol. The van der Waals surface area contributed by atoms with E-state index < -0.39 is 48.7 Å². The molecule has 2 aromatic rings. The van der Waals surface area contributed by atoms with E-state index in [4.69, 9.17) is 5.11 Å². The second kappa shape index (κ2) is 5.89. The van der Waals surface area contributed by atoms with Crippen molar-refractivity contribution >= 4 is 22.9 Å². The van der Waals surface area contributed by atoms with Gasteiger partial charge in [-0.3, -0.25) is 18.7 Å². The number of halogens is 3. The van der Waals surface area contributed by atoms with Gasteiger partial charge in [-0.15, -0.1) is 0 Å². The number of rotatable bonds is 3. The number of alkyl halides is 3. The minimum atomic E-state index is -4.97. The van der Waals surface area contributed by atoms with Crippen molar-refractivity contribution in [3.05, 3.63) is 34.7 Å². The molecule has 0 bridgehead atoms. The normalized spacial score (nSPS) is 20.7. The fraction of sp³-hybridized carbons (Fsp3) is 0.438. The molecule has 10 heteroatoms. The number of carbonyl (C=O) groups is 2. The summed E-state index contributed by atoms with van der Waals surface area (Å²) in [5.74, 6) is -2.72. The average Bonchev–Trinajstić information content (AvgIpc) is 3.13. The molecule has 1 atom stereocenters. The molecule has 0 aliphatic carbocycles. The third-order valence-electron chi connectivity index (χ3n) is 4.92. The fourth-order valence-corrected chi connectivity index (χ4v) is 3.30. The Kier molecular flexibility index (Phi) is 4.08. The summed E-state index contributed by atoms with van der Waals surface area (Å²) in [6.45, 7) is -1.73. The molecule has 1 fully saturated rings. The summed E-state index contributed by atoms with van der Waals surface area (Å²) in [7, 11) is 1.53. The largest absolute Gasteiger partial charge is 0.481 e. The predicted octanol–water partition coefficient (Wildman–Crippen LogP) is 1.21. The summed E-state index contributed by atoms with van der Waals surface area (Å²) < 4.78 is 42.2. The maximum absolute atomic E-state index is 13.2. The van der Waals surface area contributed by atoms with Gasteiger partial charge < -0.3 is 10.0 Å². The van der Waals surface area contributed by atoms with Gasteiger partial charge in [-0.25, -0.2) is 4.79 Å². The highest BCUT2D eigenvalue weighted by Crippen LogP contribution is 2.45. The lowest BCUT2D eigenvalue weighted by Crippen LogP contribution is -2.48. The molecule has 0 radical (unpaired) electrons. The van der Waals surface area contributed by atoms with Crippen LogP contribution >= 0.6 is 0 Å². The van der Waals surface area contributed by atoms with Crippen LogP contribution in [0.3, 0.4) is 0 Å². The van der Waals surface area contributed by atoms with Crippen LogP contribution in [0.2, 0.25) is 0 Å². The van der Waals surface area contributed by atoms with E-state index >= 15 is 0 Å². The lowest BCUT2D eigenvalue weighted by molar-refractivity contribution is -0.227. The third kappa shape index (κ3) is 2.56. The first-order valence-corrected chi connectivity index (χ1v) is 7.80. The molecule has 2 heterocycles. The minimum absolute atomic E-state index is 0.329. The molecule has 1 N–H and O–H groups in total. The number of aromatic nitrogens is 2. The SMILES string of the molecule is Cn1c(=O)n(CC(=O)N2CCC(C(=O)O)(C(F)(F)F)C2)c2ccccc21. The van der Waals surface area contributed by atoms with E-state index in [1.807, 2.05) is 0 Å². The quantitative estimate of drug-likeness (QED) is 0.879. The zero-order chi connectivity index (χ0) is 19.3. The van der Waals surface area contributed by atoms with Gasteiger partial charge in [0.05, 0.1) is 11.0 Å². The number of carboxylic acids is 1. The van der Waals surface area contributed by atoms with Crippen LogP contribution in [0.25, 0.3) is 11.0 Å². The summed E-state index contributed by atoms with van der Waals surface area (Å²) in [6.07, 6.45) is -5.67. The van der Waals surface area contributed by atoms with Crippen molar-refractivity contribution in [2.75, 3.05) is 13.1 Å². The number of carboxylic acid groups (broad SMARTS) is 1. The Labute approximate surface area is 145 Å². The summed E-state index contributed by atoms with van der Waals surface area (Å²) >= 11 is 0. The van der Waals surface area contributed by atoms with Crippen molar-refractivity contribution in [3.8, 4) is 0 Å². The summed E-state index contributed by atoms with van der Waals surface area (Å²) in [5.41, 5.74) is -2.37. The van der Waals surface area contributed by atoms with Crippen LogP contribution in [0.15, 0.2) is 29.1 Å². The number of amides is 1. The van der Waals surface area contributed by atoms with Crippen LogP contribution in [0.4, 0.5) is 13.2 Å². The zero-order valence-electron chi connectivity index (χ0n) is 13.8. The minimum Gasteiger partial charge on any atom is -0.481 e. The van der Waals surface area contributed by atoms with Crippen LogP contribution in [0, 0.1) is 5.41 Å². The van der Waals surface area contributed by atoms with Crippen LogP contribution in [0.1, 0.15) is 6.42 Å². The highest BCUT2D eigenvalue weighted by atomic mass is 19.4. The number of aliphatic carboxylic acids is 1. The topological polar surface area (TPSA) is 84.5 Å². The summed E-state index contributed by atoms with van der Waals surface area (Å²) in [6, 6.07) is 6.72. The number of hydrogen-bond acceptors (Lipinski definition) is 3. The second-order valence-electron chi connectivity index (χ2n) is 6.37. The highest BCUT2D eigenvalue weighted by molar-refractivity contribution is 5.83. The molecule has 140 valence electrons. The Morgan fingerprint density at radius 2 is 1.85 bits per heavy atom. The standard InChI is InChI=1S/C16H16F3N3O4/c1-20-10-4-2-3-5-11(10)22(14(20)26)8-12(23)21-7-6-15(9-21,13(24)25)16(17,18)19/h2-5H,6-9H2,1H3,(H,24,25). The molecule has 1 unspecified atom stereocenters. The van der Waals surface area contributed by atoms with Crippen LogP contribution in [-0.4, -0.2) is 50.3 Å². The van der Waals surface area contributed by atoms with Gasteiger partial charge in [-0.05, 0) is 18.6 Å². The summed E-state index contributed by atoms with van der Waals surface area (Å²) in [5, 5.41) is 9.06. The van der Waals surface area contributed by atoms with Gasteiger partial charge in [0.1, 0.15) is 6.54 Å². The molecule has 0 spiro atoms. The van der Waals surface area contributed by atoms with Crippen LogP contribution < -0.4 is 5.69 Å². The number of likely N-dealkylation sites (tertiary alicyclic amines) is 1. The molecule has 7 nitrogen and oxygen atoms in total. The number of aryl methyl sites for hydroxylation is 1. The second-order valence-corrected chi connectivity index (χ2v) is 6.37. The van der Waals surface area contributed by atoms with E-state index in [-0.39, 0.29) is 6.54 Å². The van der Waals surface area contributed by atoms with E-state index in [1.54, 1.807) is 24.3 Å². The number of imidazole rings is 1. The molecule has 1 aromatic heterocycles. The average molecular weight is 371 g/mol. The lowest BCUT2D eigenvalue weighted by atomic mass is 9.86. The third-order valence-corrected chi connectivity index (χ3v) is 4.92. The first-order chi connectivity index (χ1) is 12.1. The van der Waals surface area contributed by atoms with E-state index in [0.717, 1.165) is 4.90 Å². The smallest absolute Gasteiger partial charge is 0.406 e. The summed E-state index contributed by atoms with van der Waals surface area (Å²) in [4.78, 5) is 36.8. The number of para-hydroxylation sites is 2. The van der Waals surface area contributed by atoms with Crippen molar-refractivity contribution in [2.45, 2.75) is 19.1 Å². The van der Waals surface area contributed by atoms with Crippen molar-refractivity contribution in [1.29, 1.82) is 0 Å². The highest BCUT2D eigenvalue weighted by Gasteiger charge is 2.64. The molecule has 1 aromatic carbocycles. The first kappa shape index (κ1) is 18.0. The molecule has 3 rings (SSSR count). The van der Waals surface area contributed by atoms with Crippen molar-refractivity contribution in [1.82, 2.24) is 14.0 Å². The lowest BCUT2D eigenvalue weighted by Gasteiger charge is -2.27. The van der Waals surface area contributed by atoms with E-state index in [0.29, 0.717) is 11.0 Å². The van der Waals surface area contributed by atoms with Crippen molar-refractivity contribution in [2.24, 2.45) is 12.5 Å². The van der Waals surface area contributed by atoms with E-state index in [2.05, 4.69) is 0 Å². The Bertz CT molecular complexity index is 946. The molecule has 1 saturated heterocycles. The molecule has 0 saturated carbocycles. The van der Waals surface area contributed by atoms with Crippen molar-refractivity contribution < 1.29 is 27.9 Å². The maximum atomic E-state index is 13.2.